The van der Waals surface area contributed by atoms with Crippen LogP contribution in [-0.2, 0) is 14.3 Å². The number of carbonyl (C=O) groups is 2. The van der Waals surface area contributed by atoms with Crippen LogP contribution in [-0.4, -0.2) is 49.8 Å². The van der Waals surface area contributed by atoms with Crippen LogP contribution in [0.25, 0.3) is 0 Å². The summed E-state index contributed by atoms with van der Waals surface area (Å²) >= 11 is 7.42. The van der Waals surface area contributed by atoms with Gasteiger partial charge in [0.15, 0.2) is 5.13 Å². The summed E-state index contributed by atoms with van der Waals surface area (Å²) in [4.78, 5) is 30.2. The van der Waals surface area contributed by atoms with Crippen molar-refractivity contribution < 1.29 is 19.1 Å². The van der Waals surface area contributed by atoms with E-state index < -0.39 is 5.91 Å². The Hall–Kier alpha value is -2.04. The minimum atomic E-state index is -0.398. The van der Waals surface area contributed by atoms with Crippen molar-refractivity contribution >= 4 is 45.6 Å². The van der Waals surface area contributed by atoms with E-state index in [2.05, 4.69) is 15.6 Å². The average molecular weight is 441 g/mol. The first-order chi connectivity index (χ1) is 13.9. The summed E-state index contributed by atoms with van der Waals surface area (Å²) in [5.41, 5.74) is 6.80. The van der Waals surface area contributed by atoms with E-state index in [9.17, 15) is 9.59 Å². The van der Waals surface area contributed by atoms with Crippen molar-refractivity contribution in [3.8, 4) is 0 Å². The number of benzene rings is 1. The maximum absolute atomic E-state index is 12.7. The monoisotopic (exact) mass is 440 g/mol. The molecular formula is C19H25ClN4O4S. The van der Waals surface area contributed by atoms with Crippen LogP contribution in [0.2, 0.25) is 5.02 Å². The molecule has 0 aliphatic rings. The zero-order valence-corrected chi connectivity index (χ0v) is 18.0. The third-order valence-electron chi connectivity index (χ3n) is 3.86. The Kier molecular flexibility index (Phi) is 9.49. The molecule has 1 aromatic heterocycles. The van der Waals surface area contributed by atoms with Gasteiger partial charge in [-0.15, -0.1) is 11.3 Å². The molecule has 10 heteroatoms. The minimum absolute atomic E-state index is 0.144. The number of thiazole rings is 1. The largest absolute Gasteiger partial charge is 0.379 e. The standard InChI is InChI=1S/C19H25ClN4O4S/c1-12-13(2)29-19(22-12)24-18(26)15-11-14(20)3-4-16(15)23-17(25)5-7-27-9-10-28-8-6-21/h3-4,11H,5-10,21H2,1-2H3,(H,23,25)(H,22,24,26). The highest BCUT2D eigenvalue weighted by Gasteiger charge is 2.16. The Labute approximate surface area is 178 Å². The van der Waals surface area contributed by atoms with Gasteiger partial charge >= 0.3 is 0 Å². The summed E-state index contributed by atoms with van der Waals surface area (Å²) in [5.74, 6) is -0.671. The van der Waals surface area contributed by atoms with Crippen molar-refractivity contribution in [2.45, 2.75) is 20.3 Å². The van der Waals surface area contributed by atoms with Gasteiger partial charge in [0.1, 0.15) is 0 Å². The Morgan fingerprint density at radius 1 is 1.14 bits per heavy atom. The van der Waals surface area contributed by atoms with Gasteiger partial charge < -0.3 is 20.5 Å². The van der Waals surface area contributed by atoms with Crippen LogP contribution < -0.4 is 16.4 Å². The topological polar surface area (TPSA) is 116 Å². The van der Waals surface area contributed by atoms with Crippen molar-refractivity contribution in [3.05, 3.63) is 39.4 Å². The van der Waals surface area contributed by atoms with Crippen molar-refractivity contribution in [1.82, 2.24) is 4.98 Å². The van der Waals surface area contributed by atoms with E-state index in [1.54, 1.807) is 12.1 Å². The van der Waals surface area contributed by atoms with Crippen molar-refractivity contribution in [2.75, 3.05) is 43.6 Å². The minimum Gasteiger partial charge on any atom is -0.379 e. The molecular weight excluding hydrogens is 416 g/mol. The Morgan fingerprint density at radius 3 is 2.52 bits per heavy atom. The molecule has 2 amide bonds. The van der Waals surface area contributed by atoms with Crippen LogP contribution in [0, 0.1) is 13.8 Å². The smallest absolute Gasteiger partial charge is 0.259 e. The number of nitrogens with one attached hydrogen (secondary N) is 2. The maximum Gasteiger partial charge on any atom is 0.259 e. The van der Waals surface area contributed by atoms with E-state index in [1.807, 2.05) is 13.8 Å². The SMILES string of the molecule is Cc1nc(NC(=O)c2cc(Cl)ccc2NC(=O)CCOCCOCCN)sc1C. The Morgan fingerprint density at radius 2 is 1.86 bits per heavy atom. The van der Waals surface area contributed by atoms with Gasteiger partial charge in [-0.1, -0.05) is 11.6 Å². The van der Waals surface area contributed by atoms with E-state index in [4.69, 9.17) is 26.8 Å². The van der Waals surface area contributed by atoms with Crippen LogP contribution in [0.4, 0.5) is 10.8 Å². The van der Waals surface area contributed by atoms with Crippen molar-refractivity contribution in [1.29, 1.82) is 0 Å². The van der Waals surface area contributed by atoms with Gasteiger partial charge in [-0.2, -0.15) is 0 Å². The van der Waals surface area contributed by atoms with Crippen molar-refractivity contribution in [2.24, 2.45) is 5.73 Å². The number of ether oxygens (including phenoxy) is 2. The molecule has 0 bridgehead atoms. The first-order valence-electron chi connectivity index (χ1n) is 9.11. The summed E-state index contributed by atoms with van der Waals surface area (Å²) in [7, 11) is 0. The highest BCUT2D eigenvalue weighted by atomic mass is 35.5. The van der Waals surface area contributed by atoms with Gasteiger partial charge in [0.05, 0.1) is 49.8 Å². The van der Waals surface area contributed by atoms with E-state index in [0.29, 0.717) is 42.2 Å². The first-order valence-corrected chi connectivity index (χ1v) is 10.3. The summed E-state index contributed by atoms with van der Waals surface area (Å²) in [5, 5.41) is 6.36. The molecule has 2 aromatic rings. The van der Waals surface area contributed by atoms with E-state index in [1.165, 1.54) is 17.4 Å². The lowest BCUT2D eigenvalue weighted by atomic mass is 10.1. The van der Waals surface area contributed by atoms with E-state index in [-0.39, 0.29) is 24.5 Å². The zero-order chi connectivity index (χ0) is 21.2. The normalized spacial score (nSPS) is 10.8. The lowest BCUT2D eigenvalue weighted by Crippen LogP contribution is -2.19. The second-order valence-electron chi connectivity index (χ2n) is 6.12. The van der Waals surface area contributed by atoms with Crippen LogP contribution in [0.3, 0.4) is 0 Å². The second kappa shape index (κ2) is 11.8. The van der Waals surface area contributed by atoms with Gasteiger partial charge in [0, 0.05) is 16.4 Å². The predicted molar refractivity (Wildman–Crippen MR) is 115 cm³/mol. The zero-order valence-electron chi connectivity index (χ0n) is 16.4. The molecule has 0 fully saturated rings. The maximum atomic E-state index is 12.7. The first kappa shape index (κ1) is 23.2. The molecule has 0 aliphatic carbocycles. The number of nitrogens with two attached hydrogens (primary N) is 1. The summed E-state index contributed by atoms with van der Waals surface area (Å²) in [6.45, 7) is 5.79. The second-order valence-corrected chi connectivity index (χ2v) is 7.76. The molecule has 0 saturated heterocycles. The molecule has 158 valence electrons. The number of aromatic nitrogens is 1. The van der Waals surface area contributed by atoms with E-state index >= 15 is 0 Å². The molecule has 1 aromatic carbocycles. The number of rotatable bonds is 11. The molecule has 0 atom stereocenters. The Bertz CT molecular complexity index is 824. The summed E-state index contributed by atoms with van der Waals surface area (Å²) < 4.78 is 10.5. The number of amides is 2. The molecule has 0 aliphatic heterocycles. The number of anilines is 2. The number of hydrogen-bond acceptors (Lipinski definition) is 7. The van der Waals surface area contributed by atoms with Crippen LogP contribution in [0.15, 0.2) is 18.2 Å². The van der Waals surface area contributed by atoms with Gasteiger partial charge in [-0.3, -0.25) is 14.9 Å². The van der Waals surface area contributed by atoms with Crippen LogP contribution in [0.5, 0.6) is 0 Å². The van der Waals surface area contributed by atoms with Gasteiger partial charge in [0.25, 0.3) is 5.91 Å². The van der Waals surface area contributed by atoms with Gasteiger partial charge in [-0.25, -0.2) is 4.98 Å². The lowest BCUT2D eigenvalue weighted by Gasteiger charge is -2.11. The van der Waals surface area contributed by atoms with Gasteiger partial charge in [0.2, 0.25) is 5.91 Å². The molecule has 0 unspecified atom stereocenters. The van der Waals surface area contributed by atoms with E-state index in [0.717, 1.165) is 10.6 Å². The molecule has 4 N–H and O–H groups in total. The highest BCUT2D eigenvalue weighted by Crippen LogP contribution is 2.25. The molecule has 2 rings (SSSR count). The fourth-order valence-corrected chi connectivity index (χ4v) is 3.27. The van der Waals surface area contributed by atoms with Crippen molar-refractivity contribution in [3.63, 3.8) is 0 Å². The molecule has 0 radical (unpaired) electrons. The lowest BCUT2D eigenvalue weighted by molar-refractivity contribution is -0.117. The fourth-order valence-electron chi connectivity index (χ4n) is 2.29. The molecule has 8 nitrogen and oxygen atoms in total. The molecule has 29 heavy (non-hydrogen) atoms. The van der Waals surface area contributed by atoms with Crippen LogP contribution in [0.1, 0.15) is 27.3 Å². The number of hydrogen-bond donors (Lipinski definition) is 3. The molecule has 0 saturated carbocycles. The third-order valence-corrected chi connectivity index (χ3v) is 5.08. The fraction of sp³-hybridized carbons (Fsp3) is 0.421. The Balaban J connectivity index is 1.91. The number of halogens is 1. The predicted octanol–water partition coefficient (Wildman–Crippen LogP) is 2.99. The third kappa shape index (κ3) is 7.71. The molecule has 1 heterocycles. The number of aryl methyl sites for hydroxylation is 2. The number of carbonyl (C=O) groups excluding carboxylic acids is 2. The van der Waals surface area contributed by atoms with Gasteiger partial charge in [-0.05, 0) is 32.0 Å². The summed E-state index contributed by atoms with van der Waals surface area (Å²) in [6, 6.07) is 4.71. The summed E-state index contributed by atoms with van der Waals surface area (Å²) in [6.07, 6.45) is 0.144. The number of nitrogens with zero attached hydrogens (tertiary/aromatic N) is 1. The average Bonchev–Trinajstić information content (AvgIpc) is 2.99. The quantitative estimate of drug-likeness (QED) is 0.462. The molecule has 0 spiro atoms. The highest BCUT2D eigenvalue weighted by molar-refractivity contribution is 7.15. The van der Waals surface area contributed by atoms with Crippen LogP contribution >= 0.6 is 22.9 Å².